The molecule has 0 aromatic heterocycles. The lowest BCUT2D eigenvalue weighted by atomic mass is 9.95. The molecule has 1 saturated heterocycles. The van der Waals surface area contributed by atoms with Gasteiger partial charge in [-0.1, -0.05) is 34.4 Å². The Balaban J connectivity index is 1.59. The molecule has 2 heterocycles. The number of benzene rings is 1. The Hall–Kier alpha value is -1.79. The molecule has 2 aliphatic rings. The molecule has 1 atom stereocenters. The van der Waals surface area contributed by atoms with Gasteiger partial charge in [0.1, 0.15) is 0 Å². The summed E-state index contributed by atoms with van der Waals surface area (Å²) in [4.78, 5) is 30.7. The Bertz CT molecular complexity index is 700. The number of halogens is 2. The highest BCUT2D eigenvalue weighted by molar-refractivity contribution is 6.42. The zero-order chi connectivity index (χ0) is 17.3. The Morgan fingerprint density at radius 1 is 1.21 bits per heavy atom. The number of nitrogens with two attached hydrogens (primary N) is 1. The van der Waals surface area contributed by atoms with Gasteiger partial charge in [-0.25, -0.2) is 0 Å². The van der Waals surface area contributed by atoms with Crippen molar-refractivity contribution in [3.8, 4) is 0 Å². The largest absolute Gasteiger partial charge is 0.382 e. The highest BCUT2D eigenvalue weighted by Crippen LogP contribution is 2.26. The van der Waals surface area contributed by atoms with Crippen molar-refractivity contribution in [1.82, 2.24) is 4.90 Å². The molecule has 0 bridgehead atoms. The summed E-state index contributed by atoms with van der Waals surface area (Å²) in [7, 11) is 0. The monoisotopic (exact) mass is 369 g/mol. The van der Waals surface area contributed by atoms with Crippen molar-refractivity contribution >= 4 is 40.7 Å². The first-order valence-corrected chi connectivity index (χ1v) is 8.47. The van der Waals surface area contributed by atoms with Gasteiger partial charge in [-0.15, -0.1) is 0 Å². The molecular formula is C16H17Cl2N3O3. The van der Waals surface area contributed by atoms with E-state index in [1.54, 1.807) is 23.1 Å². The molecule has 24 heavy (non-hydrogen) atoms. The summed E-state index contributed by atoms with van der Waals surface area (Å²) in [6, 6.07) is 5.18. The van der Waals surface area contributed by atoms with Gasteiger partial charge in [-0.2, -0.15) is 0 Å². The molecule has 1 aromatic rings. The Morgan fingerprint density at radius 3 is 2.54 bits per heavy atom. The molecule has 1 aromatic carbocycles. The quantitative estimate of drug-likeness (QED) is 0.885. The number of oxime groups is 1. The van der Waals surface area contributed by atoms with Crippen molar-refractivity contribution < 1.29 is 14.4 Å². The molecule has 0 aliphatic carbocycles. The van der Waals surface area contributed by atoms with Gasteiger partial charge in [0, 0.05) is 31.0 Å². The summed E-state index contributed by atoms with van der Waals surface area (Å²) in [5.74, 6) is -0.567. The SMILES string of the molecule is NC(=O)C1CCN(C(=O)[C@@H]2CC(c3ccc(Cl)c(Cl)c3)=NO2)CC1. The van der Waals surface area contributed by atoms with Gasteiger partial charge in [0.15, 0.2) is 0 Å². The average Bonchev–Trinajstić information content (AvgIpc) is 3.07. The lowest BCUT2D eigenvalue weighted by Gasteiger charge is -2.31. The molecule has 0 saturated carbocycles. The van der Waals surface area contributed by atoms with Crippen LogP contribution in [-0.2, 0) is 14.4 Å². The number of primary amides is 1. The van der Waals surface area contributed by atoms with Gasteiger partial charge in [-0.3, -0.25) is 9.59 Å². The molecule has 8 heteroatoms. The lowest BCUT2D eigenvalue weighted by Crippen LogP contribution is -2.45. The Kier molecular flexibility index (Phi) is 4.96. The molecule has 3 rings (SSSR count). The minimum atomic E-state index is -0.639. The third kappa shape index (κ3) is 3.49. The number of likely N-dealkylation sites (tertiary alicyclic amines) is 1. The second-order valence-corrected chi connectivity index (χ2v) is 6.78. The molecule has 2 N–H and O–H groups in total. The zero-order valence-corrected chi connectivity index (χ0v) is 14.4. The van der Waals surface area contributed by atoms with Crippen LogP contribution in [0.15, 0.2) is 23.4 Å². The number of hydrogen-bond donors (Lipinski definition) is 1. The van der Waals surface area contributed by atoms with Crippen molar-refractivity contribution in [2.75, 3.05) is 13.1 Å². The third-order valence-electron chi connectivity index (χ3n) is 4.41. The molecule has 1 fully saturated rings. The number of carbonyl (C=O) groups is 2. The second kappa shape index (κ2) is 6.99. The predicted molar refractivity (Wildman–Crippen MR) is 91.0 cm³/mol. The van der Waals surface area contributed by atoms with Gasteiger partial charge >= 0.3 is 0 Å². The lowest BCUT2D eigenvalue weighted by molar-refractivity contribution is -0.144. The Labute approximate surface area is 149 Å². The van der Waals surface area contributed by atoms with Crippen molar-refractivity contribution in [3.63, 3.8) is 0 Å². The van der Waals surface area contributed by atoms with E-state index in [0.717, 1.165) is 5.56 Å². The van der Waals surface area contributed by atoms with Crippen molar-refractivity contribution in [3.05, 3.63) is 33.8 Å². The molecule has 2 amide bonds. The minimum absolute atomic E-state index is 0.114. The van der Waals surface area contributed by atoms with E-state index in [0.29, 0.717) is 48.1 Å². The molecule has 0 radical (unpaired) electrons. The fraction of sp³-hybridized carbons (Fsp3) is 0.438. The van der Waals surface area contributed by atoms with E-state index >= 15 is 0 Å². The van der Waals surface area contributed by atoms with Gasteiger partial charge < -0.3 is 15.5 Å². The standard InChI is InChI=1S/C16H17Cl2N3O3/c17-11-2-1-10(7-12(11)18)13-8-14(24-20-13)16(23)21-5-3-9(4-6-21)15(19)22/h1-2,7,9,14H,3-6,8H2,(H2,19,22)/t14-/m0/s1. The zero-order valence-electron chi connectivity index (χ0n) is 12.9. The number of carbonyl (C=O) groups excluding carboxylic acids is 2. The predicted octanol–water partition coefficient (Wildman–Crippen LogP) is 2.21. The number of amides is 2. The minimum Gasteiger partial charge on any atom is -0.382 e. The smallest absolute Gasteiger partial charge is 0.266 e. The molecule has 6 nitrogen and oxygen atoms in total. The Morgan fingerprint density at radius 2 is 1.92 bits per heavy atom. The van der Waals surface area contributed by atoms with Crippen LogP contribution in [0.1, 0.15) is 24.8 Å². The third-order valence-corrected chi connectivity index (χ3v) is 5.15. The molecular weight excluding hydrogens is 353 g/mol. The molecule has 2 aliphatic heterocycles. The summed E-state index contributed by atoms with van der Waals surface area (Å²) in [6.07, 6.45) is 0.925. The van der Waals surface area contributed by atoms with E-state index in [9.17, 15) is 9.59 Å². The van der Waals surface area contributed by atoms with Crippen LogP contribution in [0.25, 0.3) is 0 Å². The summed E-state index contributed by atoms with van der Waals surface area (Å²) < 4.78 is 0. The van der Waals surface area contributed by atoms with E-state index in [1.807, 2.05) is 0 Å². The number of piperidine rings is 1. The average molecular weight is 370 g/mol. The summed E-state index contributed by atoms with van der Waals surface area (Å²) in [5.41, 5.74) is 6.76. The molecule has 0 unspecified atom stereocenters. The maximum atomic E-state index is 12.5. The van der Waals surface area contributed by atoms with Crippen LogP contribution < -0.4 is 5.73 Å². The van der Waals surface area contributed by atoms with E-state index in [-0.39, 0.29) is 17.7 Å². The maximum absolute atomic E-state index is 12.5. The summed E-state index contributed by atoms with van der Waals surface area (Å²) in [6.45, 7) is 1.02. The van der Waals surface area contributed by atoms with Gasteiger partial charge in [0.2, 0.25) is 12.0 Å². The maximum Gasteiger partial charge on any atom is 0.266 e. The first-order chi connectivity index (χ1) is 11.5. The van der Waals surface area contributed by atoms with Crippen LogP contribution in [-0.4, -0.2) is 41.6 Å². The first-order valence-electron chi connectivity index (χ1n) is 7.72. The van der Waals surface area contributed by atoms with Crippen molar-refractivity contribution in [2.45, 2.75) is 25.4 Å². The van der Waals surface area contributed by atoms with E-state index < -0.39 is 6.10 Å². The van der Waals surface area contributed by atoms with Crippen LogP contribution in [0.3, 0.4) is 0 Å². The number of hydrogen-bond acceptors (Lipinski definition) is 4. The molecule has 0 spiro atoms. The topological polar surface area (TPSA) is 85.0 Å². The fourth-order valence-electron chi connectivity index (χ4n) is 2.94. The summed E-state index contributed by atoms with van der Waals surface area (Å²) in [5, 5.41) is 4.90. The van der Waals surface area contributed by atoms with Crippen LogP contribution >= 0.6 is 23.2 Å². The first kappa shape index (κ1) is 17.0. The van der Waals surface area contributed by atoms with E-state index in [2.05, 4.69) is 5.16 Å². The van der Waals surface area contributed by atoms with Gasteiger partial charge in [0.05, 0.1) is 15.8 Å². The van der Waals surface area contributed by atoms with Gasteiger partial charge in [0.25, 0.3) is 5.91 Å². The van der Waals surface area contributed by atoms with Gasteiger partial charge in [-0.05, 0) is 25.0 Å². The van der Waals surface area contributed by atoms with E-state index in [4.69, 9.17) is 33.8 Å². The van der Waals surface area contributed by atoms with Crippen LogP contribution in [0.4, 0.5) is 0 Å². The van der Waals surface area contributed by atoms with Crippen LogP contribution in [0.2, 0.25) is 10.0 Å². The van der Waals surface area contributed by atoms with Crippen molar-refractivity contribution in [2.24, 2.45) is 16.8 Å². The van der Waals surface area contributed by atoms with E-state index in [1.165, 1.54) is 0 Å². The molecule has 128 valence electrons. The second-order valence-electron chi connectivity index (χ2n) is 5.97. The highest BCUT2D eigenvalue weighted by atomic mass is 35.5. The number of nitrogens with zero attached hydrogens (tertiary/aromatic N) is 2. The fourth-order valence-corrected chi connectivity index (χ4v) is 3.24. The summed E-state index contributed by atoms with van der Waals surface area (Å²) >= 11 is 11.9. The van der Waals surface area contributed by atoms with Crippen LogP contribution in [0.5, 0.6) is 0 Å². The normalized spacial score (nSPS) is 21.3. The van der Waals surface area contributed by atoms with Crippen LogP contribution in [0, 0.1) is 5.92 Å². The number of rotatable bonds is 3. The van der Waals surface area contributed by atoms with Crippen molar-refractivity contribution in [1.29, 1.82) is 0 Å². The highest BCUT2D eigenvalue weighted by Gasteiger charge is 2.35.